The summed E-state index contributed by atoms with van der Waals surface area (Å²) in [6.45, 7) is 0. The third kappa shape index (κ3) is 5.13. The third-order valence-corrected chi connectivity index (χ3v) is 4.71. The van der Waals surface area contributed by atoms with Gasteiger partial charge in [-0.05, 0) is 0 Å². The summed E-state index contributed by atoms with van der Waals surface area (Å²) in [6, 6.07) is 8.22. The Kier molecular flexibility index (Phi) is 5.19. The van der Waals surface area contributed by atoms with Crippen LogP contribution in [-0.4, -0.2) is 0 Å². The zero-order valence-corrected chi connectivity index (χ0v) is 14.4. The van der Waals surface area contributed by atoms with Crippen LogP contribution >= 0.6 is 0 Å². The minimum absolute atomic E-state index is 0.227. The van der Waals surface area contributed by atoms with Gasteiger partial charge in [0, 0.05) is 0 Å². The number of halogens is 6. The van der Waals surface area contributed by atoms with E-state index in [9.17, 15) is 26.3 Å². The van der Waals surface area contributed by atoms with Gasteiger partial charge in [0.05, 0.1) is 0 Å². The molecule has 120 valence electrons. The van der Waals surface area contributed by atoms with Gasteiger partial charge in [0.25, 0.3) is 0 Å². The van der Waals surface area contributed by atoms with E-state index in [-0.39, 0.29) is 11.5 Å². The van der Waals surface area contributed by atoms with Crippen molar-refractivity contribution in [2.45, 2.75) is 12.4 Å². The average molecular weight is 388 g/mol. The molecule has 0 saturated carbocycles. The maximum absolute atomic E-state index is 12.4. The van der Waals surface area contributed by atoms with E-state index in [0.29, 0.717) is 0 Å². The Labute approximate surface area is 135 Å². The summed E-state index contributed by atoms with van der Waals surface area (Å²) >= 11 is -2.09. The van der Waals surface area contributed by atoms with Crippen molar-refractivity contribution >= 4 is 0 Å². The van der Waals surface area contributed by atoms with Crippen molar-refractivity contribution in [3.63, 3.8) is 0 Å². The molecule has 0 aliphatic heterocycles. The van der Waals surface area contributed by atoms with Crippen LogP contribution < -0.4 is 7.13 Å². The monoisotopic (exact) mass is 386 g/mol. The van der Waals surface area contributed by atoms with Crippen molar-refractivity contribution in [1.82, 2.24) is 0 Å². The molecule has 23 heavy (non-hydrogen) atoms. The van der Waals surface area contributed by atoms with Gasteiger partial charge in [0.2, 0.25) is 0 Å². The van der Waals surface area contributed by atoms with Crippen LogP contribution in [-0.2, 0) is 30.2 Å². The first kappa shape index (κ1) is 17.6. The molecule has 0 amide bonds. The van der Waals surface area contributed by atoms with Crippen LogP contribution in [0.1, 0.15) is 11.1 Å². The molecule has 2 rings (SSSR count). The Balaban J connectivity index is 1.87. The predicted molar refractivity (Wildman–Crippen MR) is 64.1 cm³/mol. The number of hydrogen-bond donors (Lipinski definition) is 0. The SMILES string of the molecule is FC(F)(F)c1ccc([O][Zn][O]c2ccc(C(F)(F)F)cc2)cc1. The normalized spacial score (nSPS) is 11.7. The van der Waals surface area contributed by atoms with Gasteiger partial charge >= 0.3 is 135 Å². The van der Waals surface area contributed by atoms with Gasteiger partial charge in [-0.2, -0.15) is 0 Å². The molecule has 0 unspecified atom stereocenters. The van der Waals surface area contributed by atoms with Gasteiger partial charge < -0.3 is 0 Å². The maximum atomic E-state index is 12.4. The van der Waals surface area contributed by atoms with Crippen LogP contribution in [0.4, 0.5) is 26.3 Å². The van der Waals surface area contributed by atoms with E-state index < -0.39 is 41.3 Å². The van der Waals surface area contributed by atoms with Crippen molar-refractivity contribution in [2.24, 2.45) is 0 Å². The second-order valence-corrected chi connectivity index (χ2v) is 6.16. The van der Waals surface area contributed by atoms with Crippen LogP contribution in [0.3, 0.4) is 0 Å². The zero-order valence-electron chi connectivity index (χ0n) is 11.4. The molecule has 0 saturated heterocycles. The number of hydrogen-bond acceptors (Lipinski definition) is 2. The van der Waals surface area contributed by atoms with Crippen LogP contribution in [0, 0.1) is 0 Å². The summed E-state index contributed by atoms with van der Waals surface area (Å²) in [5.41, 5.74) is -1.58. The van der Waals surface area contributed by atoms with Crippen molar-refractivity contribution in [3.8, 4) is 11.5 Å². The molecule has 0 heterocycles. The van der Waals surface area contributed by atoms with Gasteiger partial charge in [-0.15, -0.1) is 0 Å². The summed E-state index contributed by atoms with van der Waals surface area (Å²) in [5.74, 6) is 0.454. The van der Waals surface area contributed by atoms with Crippen LogP contribution in [0.2, 0.25) is 0 Å². The standard InChI is InChI=1S/2C7H5F3O.Zn/c2*8-7(9,10)5-1-3-6(11)4-2-5;/h2*1-4,11H;/q;;+2/p-2. The quantitative estimate of drug-likeness (QED) is 0.537. The second-order valence-electron chi connectivity index (χ2n) is 4.45. The molecular formula is C14H8F6O2Zn. The molecule has 0 fully saturated rings. The summed E-state index contributed by atoms with van der Waals surface area (Å²) in [5, 5.41) is 0. The Bertz CT molecular complexity index is 577. The average Bonchev–Trinajstić information content (AvgIpc) is 2.46. The molecule has 0 atom stereocenters. The van der Waals surface area contributed by atoms with Crippen molar-refractivity contribution in [1.29, 1.82) is 0 Å². The Morgan fingerprint density at radius 1 is 0.565 bits per heavy atom. The zero-order chi connectivity index (χ0) is 17.1. The molecule has 0 aliphatic carbocycles. The topological polar surface area (TPSA) is 18.5 Å². The second kappa shape index (κ2) is 6.78. The summed E-state index contributed by atoms with van der Waals surface area (Å²) in [4.78, 5) is 0. The Hall–Kier alpha value is -1.76. The molecular weight excluding hydrogens is 380 g/mol. The van der Waals surface area contributed by atoms with Gasteiger partial charge in [0.1, 0.15) is 0 Å². The van der Waals surface area contributed by atoms with Crippen molar-refractivity contribution < 1.29 is 51.3 Å². The fraction of sp³-hybridized carbons (Fsp3) is 0.143. The molecule has 0 radical (unpaired) electrons. The fourth-order valence-electron chi connectivity index (χ4n) is 1.65. The molecule has 0 bridgehead atoms. The van der Waals surface area contributed by atoms with E-state index in [2.05, 4.69) is 0 Å². The number of alkyl halides is 6. The number of benzene rings is 2. The molecule has 0 aliphatic rings. The van der Waals surface area contributed by atoms with E-state index in [0.717, 1.165) is 24.3 Å². The van der Waals surface area contributed by atoms with E-state index in [1.54, 1.807) is 0 Å². The molecule has 2 nitrogen and oxygen atoms in total. The van der Waals surface area contributed by atoms with Gasteiger partial charge in [-0.3, -0.25) is 0 Å². The van der Waals surface area contributed by atoms with Gasteiger partial charge in [0.15, 0.2) is 0 Å². The van der Waals surface area contributed by atoms with Gasteiger partial charge in [-0.1, -0.05) is 0 Å². The summed E-state index contributed by atoms with van der Waals surface area (Å²) < 4.78 is 84.8. The van der Waals surface area contributed by atoms with Crippen LogP contribution in [0.15, 0.2) is 48.5 Å². The van der Waals surface area contributed by atoms with Crippen LogP contribution in [0.25, 0.3) is 0 Å². The molecule has 9 heteroatoms. The van der Waals surface area contributed by atoms with E-state index in [4.69, 9.17) is 7.13 Å². The minimum atomic E-state index is -4.42. The first-order valence-corrected chi connectivity index (χ1v) is 8.68. The first-order chi connectivity index (χ1) is 10.7. The van der Waals surface area contributed by atoms with Gasteiger partial charge in [-0.25, -0.2) is 0 Å². The van der Waals surface area contributed by atoms with E-state index >= 15 is 0 Å². The van der Waals surface area contributed by atoms with Crippen molar-refractivity contribution in [3.05, 3.63) is 59.7 Å². The third-order valence-electron chi connectivity index (χ3n) is 2.81. The van der Waals surface area contributed by atoms with Crippen molar-refractivity contribution in [2.75, 3.05) is 0 Å². The molecule has 2 aromatic carbocycles. The van der Waals surface area contributed by atoms with E-state index in [1.807, 2.05) is 0 Å². The molecule has 2 aromatic rings. The predicted octanol–water partition coefficient (Wildman–Crippen LogP) is 5.09. The fourth-order valence-corrected chi connectivity index (χ4v) is 3.15. The molecule has 0 aromatic heterocycles. The summed E-state index contributed by atoms with van der Waals surface area (Å²) in [7, 11) is 0. The Morgan fingerprint density at radius 2 is 0.870 bits per heavy atom. The summed E-state index contributed by atoms with van der Waals surface area (Å²) in [6.07, 6.45) is -8.84. The molecule has 0 spiro atoms. The number of rotatable bonds is 4. The van der Waals surface area contributed by atoms with Crippen LogP contribution in [0.5, 0.6) is 11.5 Å². The molecule has 0 N–H and O–H groups in total. The first-order valence-electron chi connectivity index (χ1n) is 6.26. The van der Waals surface area contributed by atoms with E-state index in [1.165, 1.54) is 24.3 Å². The Morgan fingerprint density at radius 3 is 1.13 bits per heavy atom.